The van der Waals surface area contributed by atoms with E-state index in [1.54, 1.807) is 6.92 Å². The standard InChI is InChI=1S/C11H22N2O2/c1-3-13(8(2)11(14)15)10-6-4-5-9(10)7-12/h8-10H,3-7,12H2,1-2H3,(H,14,15). The molecule has 1 rings (SSSR count). The average Bonchev–Trinajstić information content (AvgIpc) is 2.66. The molecule has 1 aliphatic rings. The zero-order valence-electron chi connectivity index (χ0n) is 9.65. The molecule has 1 saturated carbocycles. The summed E-state index contributed by atoms with van der Waals surface area (Å²) in [5, 5.41) is 9.03. The van der Waals surface area contributed by atoms with Crippen molar-refractivity contribution in [3.05, 3.63) is 0 Å². The number of nitrogens with two attached hydrogens (primary N) is 1. The lowest BCUT2D eigenvalue weighted by Crippen LogP contribution is -2.48. The van der Waals surface area contributed by atoms with Gasteiger partial charge in [0.2, 0.25) is 0 Å². The Balaban J connectivity index is 2.68. The SMILES string of the molecule is CCN(C(C)C(=O)O)C1CCCC1CN. The van der Waals surface area contributed by atoms with Crippen molar-refractivity contribution in [2.45, 2.75) is 45.2 Å². The van der Waals surface area contributed by atoms with E-state index in [2.05, 4.69) is 4.90 Å². The van der Waals surface area contributed by atoms with E-state index in [9.17, 15) is 4.79 Å². The molecule has 0 saturated heterocycles. The van der Waals surface area contributed by atoms with Crippen LogP contribution in [0.5, 0.6) is 0 Å². The van der Waals surface area contributed by atoms with E-state index in [0.717, 1.165) is 19.4 Å². The molecular formula is C11H22N2O2. The highest BCUT2D eigenvalue weighted by molar-refractivity contribution is 5.72. The average molecular weight is 214 g/mol. The summed E-state index contributed by atoms with van der Waals surface area (Å²) in [6, 6.07) is -0.0294. The Hall–Kier alpha value is -0.610. The second-order valence-corrected chi connectivity index (χ2v) is 4.34. The molecular weight excluding hydrogens is 192 g/mol. The molecule has 0 bridgehead atoms. The highest BCUT2D eigenvalue weighted by atomic mass is 16.4. The number of rotatable bonds is 5. The maximum atomic E-state index is 11.0. The van der Waals surface area contributed by atoms with E-state index in [1.807, 2.05) is 6.92 Å². The van der Waals surface area contributed by atoms with E-state index in [4.69, 9.17) is 10.8 Å². The van der Waals surface area contributed by atoms with Crippen LogP contribution in [0.25, 0.3) is 0 Å². The van der Waals surface area contributed by atoms with Crippen molar-refractivity contribution >= 4 is 5.97 Å². The molecule has 0 aromatic carbocycles. The smallest absolute Gasteiger partial charge is 0.320 e. The van der Waals surface area contributed by atoms with E-state index < -0.39 is 12.0 Å². The van der Waals surface area contributed by atoms with Crippen molar-refractivity contribution < 1.29 is 9.90 Å². The normalized spacial score (nSPS) is 28.3. The summed E-state index contributed by atoms with van der Waals surface area (Å²) in [5.41, 5.74) is 5.72. The molecule has 0 spiro atoms. The summed E-state index contributed by atoms with van der Waals surface area (Å²) >= 11 is 0. The highest BCUT2D eigenvalue weighted by Gasteiger charge is 2.34. The Morgan fingerprint density at radius 2 is 2.27 bits per heavy atom. The van der Waals surface area contributed by atoms with Crippen molar-refractivity contribution in [1.29, 1.82) is 0 Å². The van der Waals surface area contributed by atoms with Gasteiger partial charge in [0.25, 0.3) is 0 Å². The molecule has 1 aliphatic carbocycles. The highest BCUT2D eigenvalue weighted by Crippen LogP contribution is 2.30. The third-order valence-corrected chi connectivity index (χ3v) is 3.57. The number of nitrogens with zero attached hydrogens (tertiary/aromatic N) is 1. The van der Waals surface area contributed by atoms with Gasteiger partial charge in [-0.25, -0.2) is 0 Å². The van der Waals surface area contributed by atoms with Crippen LogP contribution in [0.4, 0.5) is 0 Å². The Morgan fingerprint density at radius 1 is 1.60 bits per heavy atom. The van der Waals surface area contributed by atoms with E-state index in [-0.39, 0.29) is 0 Å². The number of hydrogen-bond donors (Lipinski definition) is 2. The first-order chi connectivity index (χ1) is 7.11. The van der Waals surface area contributed by atoms with Gasteiger partial charge in [0.1, 0.15) is 6.04 Å². The second-order valence-electron chi connectivity index (χ2n) is 4.34. The summed E-state index contributed by atoms with van der Waals surface area (Å²) in [6.45, 7) is 5.24. The van der Waals surface area contributed by atoms with Gasteiger partial charge in [0.15, 0.2) is 0 Å². The maximum Gasteiger partial charge on any atom is 0.320 e. The van der Waals surface area contributed by atoms with Gasteiger partial charge < -0.3 is 10.8 Å². The minimum absolute atomic E-state index is 0.367. The summed E-state index contributed by atoms with van der Waals surface area (Å²) in [4.78, 5) is 13.1. The molecule has 88 valence electrons. The van der Waals surface area contributed by atoms with Gasteiger partial charge in [0.05, 0.1) is 0 Å². The quantitative estimate of drug-likeness (QED) is 0.714. The van der Waals surface area contributed by atoms with Gasteiger partial charge >= 0.3 is 5.97 Å². The van der Waals surface area contributed by atoms with Crippen LogP contribution < -0.4 is 5.73 Å². The topological polar surface area (TPSA) is 66.6 Å². The molecule has 0 radical (unpaired) electrons. The van der Waals surface area contributed by atoms with Gasteiger partial charge in [0, 0.05) is 6.04 Å². The van der Waals surface area contributed by atoms with Crippen LogP contribution in [0.3, 0.4) is 0 Å². The van der Waals surface area contributed by atoms with Gasteiger partial charge in [-0.2, -0.15) is 0 Å². The molecule has 3 N–H and O–H groups in total. The first-order valence-corrected chi connectivity index (χ1v) is 5.80. The maximum absolute atomic E-state index is 11.0. The fourth-order valence-corrected chi connectivity index (χ4v) is 2.67. The predicted molar refractivity (Wildman–Crippen MR) is 59.7 cm³/mol. The minimum Gasteiger partial charge on any atom is -0.480 e. The lowest BCUT2D eigenvalue weighted by Gasteiger charge is -2.34. The lowest BCUT2D eigenvalue weighted by molar-refractivity contribution is -0.143. The first kappa shape index (κ1) is 12.5. The molecule has 0 aromatic heterocycles. The van der Waals surface area contributed by atoms with Crippen LogP contribution in [0.15, 0.2) is 0 Å². The second kappa shape index (κ2) is 5.47. The van der Waals surface area contributed by atoms with Gasteiger partial charge in [-0.1, -0.05) is 13.3 Å². The fraction of sp³-hybridized carbons (Fsp3) is 0.909. The summed E-state index contributed by atoms with van der Waals surface area (Å²) in [6.07, 6.45) is 3.41. The van der Waals surface area contributed by atoms with Crippen molar-refractivity contribution in [3.8, 4) is 0 Å². The van der Waals surface area contributed by atoms with Crippen LogP contribution >= 0.6 is 0 Å². The molecule has 15 heavy (non-hydrogen) atoms. The molecule has 4 nitrogen and oxygen atoms in total. The molecule has 1 fully saturated rings. The number of likely N-dealkylation sites (N-methyl/N-ethyl adjacent to an activating group) is 1. The molecule has 0 aromatic rings. The molecule has 3 atom stereocenters. The Kier molecular flexibility index (Phi) is 4.54. The fourth-order valence-electron chi connectivity index (χ4n) is 2.67. The predicted octanol–water partition coefficient (Wildman–Crippen LogP) is 0.909. The van der Waals surface area contributed by atoms with E-state index in [0.29, 0.717) is 18.5 Å². The largest absolute Gasteiger partial charge is 0.480 e. The van der Waals surface area contributed by atoms with Gasteiger partial charge in [-0.15, -0.1) is 0 Å². The third-order valence-electron chi connectivity index (χ3n) is 3.57. The molecule has 0 aliphatic heterocycles. The monoisotopic (exact) mass is 214 g/mol. The Morgan fingerprint density at radius 3 is 2.73 bits per heavy atom. The van der Waals surface area contributed by atoms with Crippen LogP contribution in [0.2, 0.25) is 0 Å². The summed E-state index contributed by atoms with van der Waals surface area (Å²) in [7, 11) is 0. The Bertz CT molecular complexity index is 221. The third kappa shape index (κ3) is 2.69. The van der Waals surface area contributed by atoms with E-state index >= 15 is 0 Å². The molecule has 0 heterocycles. The molecule has 3 unspecified atom stereocenters. The molecule has 4 heteroatoms. The number of carboxylic acids is 1. The summed E-state index contributed by atoms with van der Waals surface area (Å²) < 4.78 is 0. The van der Waals surface area contributed by atoms with Gasteiger partial charge in [-0.3, -0.25) is 9.69 Å². The van der Waals surface area contributed by atoms with E-state index in [1.165, 1.54) is 6.42 Å². The molecule has 0 amide bonds. The van der Waals surface area contributed by atoms with Crippen molar-refractivity contribution in [2.75, 3.05) is 13.1 Å². The van der Waals surface area contributed by atoms with Crippen molar-refractivity contribution in [1.82, 2.24) is 4.90 Å². The van der Waals surface area contributed by atoms with Gasteiger partial charge in [-0.05, 0) is 38.8 Å². The summed E-state index contributed by atoms with van der Waals surface area (Å²) in [5.74, 6) is -0.258. The van der Waals surface area contributed by atoms with Crippen molar-refractivity contribution in [3.63, 3.8) is 0 Å². The minimum atomic E-state index is -0.737. The number of carboxylic acid groups (broad SMARTS) is 1. The van der Waals surface area contributed by atoms with Crippen LogP contribution in [0.1, 0.15) is 33.1 Å². The Labute approximate surface area is 91.4 Å². The van der Waals surface area contributed by atoms with Crippen LogP contribution in [0, 0.1) is 5.92 Å². The number of carbonyl (C=O) groups is 1. The zero-order chi connectivity index (χ0) is 11.4. The van der Waals surface area contributed by atoms with Crippen LogP contribution in [-0.4, -0.2) is 41.1 Å². The first-order valence-electron chi connectivity index (χ1n) is 5.80. The number of hydrogen-bond acceptors (Lipinski definition) is 3. The van der Waals surface area contributed by atoms with Crippen LogP contribution in [-0.2, 0) is 4.79 Å². The number of aliphatic carboxylic acids is 1. The lowest BCUT2D eigenvalue weighted by atomic mass is 10.0. The van der Waals surface area contributed by atoms with Crippen molar-refractivity contribution in [2.24, 2.45) is 11.7 Å². The zero-order valence-corrected chi connectivity index (χ0v) is 9.65.